The van der Waals surface area contributed by atoms with Gasteiger partial charge in [-0.1, -0.05) is 12.1 Å². The summed E-state index contributed by atoms with van der Waals surface area (Å²) in [6, 6.07) is 7.84. The van der Waals surface area contributed by atoms with E-state index in [9.17, 15) is 0 Å². The number of hydrogen-bond acceptors (Lipinski definition) is 2. The van der Waals surface area contributed by atoms with Crippen LogP contribution in [0.2, 0.25) is 0 Å². The third kappa shape index (κ3) is 3.98. The summed E-state index contributed by atoms with van der Waals surface area (Å²) >= 11 is 0. The molecule has 1 aromatic carbocycles. The number of nitrogens with one attached hydrogen (secondary N) is 4. The summed E-state index contributed by atoms with van der Waals surface area (Å²) in [7, 11) is 0. The molecule has 1 saturated heterocycles. The van der Waals surface area contributed by atoms with E-state index in [1.165, 1.54) is 6.42 Å². The van der Waals surface area contributed by atoms with Crippen LogP contribution >= 0.6 is 0 Å². The Morgan fingerprint density at radius 2 is 1.89 bits per heavy atom. The maximum Gasteiger partial charge on any atom is 0.199 e. The number of nitrogens with zero attached hydrogens (tertiary/aromatic N) is 1. The standard InChI is InChI=1S/C14H21N5/c1-11-6-5-7-12(10-11)17-13(15)18-14(16)19-8-3-2-4-9-19/h5-7,10H,2-4,8-9H2,1H3,(H4,15,16,17,18). The average molecular weight is 259 g/mol. The molecule has 0 aromatic heterocycles. The summed E-state index contributed by atoms with van der Waals surface area (Å²) in [6.07, 6.45) is 3.49. The van der Waals surface area contributed by atoms with Gasteiger partial charge in [0, 0.05) is 18.8 Å². The SMILES string of the molecule is Cc1cccc(NC(=N)NC(=N)N2CCCCC2)c1. The second-order valence-corrected chi connectivity index (χ2v) is 4.89. The van der Waals surface area contributed by atoms with Crippen LogP contribution in [0.1, 0.15) is 24.8 Å². The topological polar surface area (TPSA) is 75.0 Å². The third-order valence-corrected chi connectivity index (χ3v) is 3.20. The lowest BCUT2D eigenvalue weighted by atomic mass is 10.1. The van der Waals surface area contributed by atoms with Crippen molar-refractivity contribution >= 4 is 17.6 Å². The zero-order valence-corrected chi connectivity index (χ0v) is 11.3. The molecule has 0 unspecified atom stereocenters. The van der Waals surface area contributed by atoms with Gasteiger partial charge in [-0.15, -0.1) is 0 Å². The van der Waals surface area contributed by atoms with Gasteiger partial charge in [-0.3, -0.25) is 16.1 Å². The number of hydrogen-bond donors (Lipinski definition) is 4. The minimum atomic E-state index is 0.140. The predicted octanol–water partition coefficient (Wildman–Crippen LogP) is 2.35. The first kappa shape index (κ1) is 13.4. The molecule has 0 aliphatic carbocycles. The van der Waals surface area contributed by atoms with Crippen LogP contribution in [0.25, 0.3) is 0 Å². The van der Waals surface area contributed by atoms with E-state index in [0.29, 0.717) is 5.96 Å². The van der Waals surface area contributed by atoms with Crippen LogP contribution in [0.15, 0.2) is 24.3 Å². The summed E-state index contributed by atoms with van der Waals surface area (Å²) in [5, 5.41) is 21.6. The Labute approximate surface area is 114 Å². The van der Waals surface area contributed by atoms with Crippen LogP contribution in [0.4, 0.5) is 5.69 Å². The van der Waals surface area contributed by atoms with E-state index in [-0.39, 0.29) is 5.96 Å². The summed E-state index contributed by atoms with van der Waals surface area (Å²) in [5.41, 5.74) is 2.01. The van der Waals surface area contributed by atoms with Gasteiger partial charge in [-0.05, 0) is 43.9 Å². The number of rotatable bonds is 1. The fourth-order valence-electron chi connectivity index (χ4n) is 2.21. The molecule has 5 heteroatoms. The number of benzene rings is 1. The van der Waals surface area contributed by atoms with E-state index in [2.05, 4.69) is 10.6 Å². The zero-order valence-electron chi connectivity index (χ0n) is 11.3. The fraction of sp³-hybridized carbons (Fsp3) is 0.429. The van der Waals surface area contributed by atoms with Crippen molar-refractivity contribution in [2.24, 2.45) is 0 Å². The maximum atomic E-state index is 7.96. The Bertz CT molecular complexity index is 463. The summed E-state index contributed by atoms with van der Waals surface area (Å²) in [6.45, 7) is 3.82. The molecule has 1 aliphatic heterocycles. The Morgan fingerprint density at radius 3 is 2.58 bits per heavy atom. The Hall–Kier alpha value is -2.04. The van der Waals surface area contributed by atoms with Crippen molar-refractivity contribution in [2.75, 3.05) is 18.4 Å². The van der Waals surface area contributed by atoms with E-state index < -0.39 is 0 Å². The van der Waals surface area contributed by atoms with Crippen molar-refractivity contribution in [3.8, 4) is 0 Å². The van der Waals surface area contributed by atoms with E-state index >= 15 is 0 Å². The first-order chi connectivity index (χ1) is 9.15. The quantitative estimate of drug-likeness (QED) is 0.462. The number of piperidine rings is 1. The second-order valence-electron chi connectivity index (χ2n) is 4.89. The zero-order chi connectivity index (χ0) is 13.7. The normalized spacial score (nSPS) is 14.9. The molecule has 0 atom stereocenters. The third-order valence-electron chi connectivity index (χ3n) is 3.20. The molecule has 5 nitrogen and oxygen atoms in total. The molecule has 102 valence electrons. The summed E-state index contributed by atoms with van der Waals surface area (Å²) < 4.78 is 0. The molecule has 1 aliphatic rings. The van der Waals surface area contributed by atoms with Crippen LogP contribution in [0, 0.1) is 17.7 Å². The van der Waals surface area contributed by atoms with Gasteiger partial charge in [-0.2, -0.15) is 0 Å². The number of likely N-dealkylation sites (tertiary alicyclic amines) is 1. The molecule has 0 bridgehead atoms. The monoisotopic (exact) mass is 259 g/mol. The molecule has 19 heavy (non-hydrogen) atoms. The van der Waals surface area contributed by atoms with Gasteiger partial charge in [0.2, 0.25) is 0 Å². The fourth-order valence-corrected chi connectivity index (χ4v) is 2.21. The van der Waals surface area contributed by atoms with Gasteiger partial charge in [0.1, 0.15) is 0 Å². The second kappa shape index (κ2) is 6.22. The van der Waals surface area contributed by atoms with Gasteiger partial charge in [0.25, 0.3) is 0 Å². The molecular formula is C14H21N5. The molecule has 0 amide bonds. The number of anilines is 1. The van der Waals surface area contributed by atoms with Crippen LogP contribution in [-0.4, -0.2) is 29.9 Å². The van der Waals surface area contributed by atoms with Gasteiger partial charge in [0.15, 0.2) is 11.9 Å². The lowest BCUT2D eigenvalue weighted by molar-refractivity contribution is 0.334. The lowest BCUT2D eigenvalue weighted by Gasteiger charge is -2.29. The van der Waals surface area contributed by atoms with Crippen molar-refractivity contribution in [3.05, 3.63) is 29.8 Å². The van der Waals surface area contributed by atoms with Gasteiger partial charge in [0.05, 0.1) is 0 Å². The smallest absolute Gasteiger partial charge is 0.199 e. The number of guanidine groups is 2. The van der Waals surface area contributed by atoms with Crippen LogP contribution in [0.3, 0.4) is 0 Å². The van der Waals surface area contributed by atoms with Crippen LogP contribution in [0.5, 0.6) is 0 Å². The largest absolute Gasteiger partial charge is 0.343 e. The Morgan fingerprint density at radius 1 is 1.16 bits per heavy atom. The first-order valence-corrected chi connectivity index (χ1v) is 6.68. The highest BCUT2D eigenvalue weighted by atomic mass is 15.3. The van der Waals surface area contributed by atoms with Crippen molar-refractivity contribution in [3.63, 3.8) is 0 Å². The molecule has 0 spiro atoms. The first-order valence-electron chi connectivity index (χ1n) is 6.68. The van der Waals surface area contributed by atoms with E-state index in [0.717, 1.165) is 37.2 Å². The number of aryl methyl sites for hydroxylation is 1. The van der Waals surface area contributed by atoms with Gasteiger partial charge >= 0.3 is 0 Å². The van der Waals surface area contributed by atoms with Crippen molar-refractivity contribution in [2.45, 2.75) is 26.2 Å². The van der Waals surface area contributed by atoms with Crippen LogP contribution in [-0.2, 0) is 0 Å². The predicted molar refractivity (Wildman–Crippen MR) is 78.8 cm³/mol. The van der Waals surface area contributed by atoms with Crippen molar-refractivity contribution in [1.29, 1.82) is 10.8 Å². The summed E-state index contributed by atoms with van der Waals surface area (Å²) in [4.78, 5) is 1.98. The average Bonchev–Trinajstić information content (AvgIpc) is 2.39. The Balaban J connectivity index is 1.85. The minimum Gasteiger partial charge on any atom is -0.343 e. The van der Waals surface area contributed by atoms with Crippen molar-refractivity contribution in [1.82, 2.24) is 10.2 Å². The van der Waals surface area contributed by atoms with E-state index in [1.807, 2.05) is 36.1 Å². The molecule has 2 rings (SSSR count). The highest BCUT2D eigenvalue weighted by Gasteiger charge is 2.14. The molecule has 1 fully saturated rings. The molecule has 1 aromatic rings. The molecule has 1 heterocycles. The van der Waals surface area contributed by atoms with Gasteiger partial charge < -0.3 is 10.2 Å². The Kier molecular flexibility index (Phi) is 4.39. The van der Waals surface area contributed by atoms with Crippen LogP contribution < -0.4 is 10.6 Å². The lowest BCUT2D eigenvalue weighted by Crippen LogP contribution is -2.47. The van der Waals surface area contributed by atoms with E-state index in [1.54, 1.807) is 0 Å². The minimum absolute atomic E-state index is 0.140. The van der Waals surface area contributed by atoms with Crippen molar-refractivity contribution < 1.29 is 0 Å². The van der Waals surface area contributed by atoms with E-state index in [4.69, 9.17) is 10.8 Å². The molecular weight excluding hydrogens is 238 g/mol. The molecule has 4 N–H and O–H groups in total. The summed E-state index contributed by atoms with van der Waals surface area (Å²) in [5.74, 6) is 0.450. The highest BCUT2D eigenvalue weighted by molar-refractivity contribution is 6.02. The molecule has 0 saturated carbocycles. The van der Waals surface area contributed by atoms with Gasteiger partial charge in [-0.25, -0.2) is 0 Å². The molecule has 0 radical (unpaired) electrons. The highest BCUT2D eigenvalue weighted by Crippen LogP contribution is 2.10. The maximum absolute atomic E-state index is 7.96.